The van der Waals surface area contributed by atoms with Crippen molar-refractivity contribution in [3.63, 3.8) is 0 Å². The minimum atomic E-state index is 0.574. The van der Waals surface area contributed by atoms with E-state index in [1.54, 1.807) is 12.4 Å². The molecule has 2 N–H and O–H groups in total. The van der Waals surface area contributed by atoms with Gasteiger partial charge in [0, 0.05) is 30.8 Å². The van der Waals surface area contributed by atoms with Gasteiger partial charge in [-0.1, -0.05) is 12.1 Å². The highest BCUT2D eigenvalue weighted by Crippen LogP contribution is 2.18. The number of hydrogen-bond acceptors (Lipinski definition) is 5. The Balaban J connectivity index is 1.68. The van der Waals surface area contributed by atoms with Gasteiger partial charge in [0.2, 0.25) is 5.95 Å². The fourth-order valence-corrected chi connectivity index (χ4v) is 2.16. The molecule has 2 heterocycles. The smallest absolute Gasteiger partial charge is 0.229 e. The zero-order chi connectivity index (χ0) is 16.1. The second kappa shape index (κ2) is 6.87. The second-order valence-corrected chi connectivity index (χ2v) is 5.40. The van der Waals surface area contributed by atoms with Gasteiger partial charge in [0.25, 0.3) is 0 Å². The molecule has 0 atom stereocenters. The van der Waals surface area contributed by atoms with E-state index < -0.39 is 0 Å². The number of hydrogen-bond donors (Lipinski definition) is 2. The standard InChI is InChI=1S/C18H19N5/c1-13-5-6-16(10-14(13)2)22-18-20-9-7-17(23-18)21-12-15-4-3-8-19-11-15/h3-11H,12H2,1-2H3,(H2,20,21,22,23). The van der Waals surface area contributed by atoms with E-state index in [4.69, 9.17) is 0 Å². The number of nitrogens with one attached hydrogen (secondary N) is 2. The van der Waals surface area contributed by atoms with Crippen molar-refractivity contribution < 1.29 is 0 Å². The van der Waals surface area contributed by atoms with Crippen LogP contribution in [0.25, 0.3) is 0 Å². The first-order chi connectivity index (χ1) is 11.2. The molecule has 0 radical (unpaired) electrons. The second-order valence-electron chi connectivity index (χ2n) is 5.40. The molecule has 5 heteroatoms. The minimum Gasteiger partial charge on any atom is -0.366 e. The largest absolute Gasteiger partial charge is 0.366 e. The van der Waals surface area contributed by atoms with E-state index in [2.05, 4.69) is 51.6 Å². The van der Waals surface area contributed by atoms with Crippen molar-refractivity contribution in [1.82, 2.24) is 15.0 Å². The molecular weight excluding hydrogens is 286 g/mol. The van der Waals surface area contributed by atoms with Crippen LogP contribution in [0.1, 0.15) is 16.7 Å². The van der Waals surface area contributed by atoms with Gasteiger partial charge >= 0.3 is 0 Å². The number of pyridine rings is 1. The van der Waals surface area contributed by atoms with Crippen LogP contribution in [-0.4, -0.2) is 15.0 Å². The molecule has 0 aliphatic heterocycles. The summed E-state index contributed by atoms with van der Waals surface area (Å²) in [5.41, 5.74) is 4.59. The van der Waals surface area contributed by atoms with Crippen molar-refractivity contribution in [1.29, 1.82) is 0 Å². The Bertz CT molecular complexity index is 786. The third kappa shape index (κ3) is 4.03. The molecule has 0 bridgehead atoms. The zero-order valence-electron chi connectivity index (χ0n) is 13.2. The summed E-state index contributed by atoms with van der Waals surface area (Å²) in [7, 11) is 0. The number of aromatic nitrogens is 3. The third-order valence-electron chi connectivity index (χ3n) is 3.62. The summed E-state index contributed by atoms with van der Waals surface area (Å²) in [6.07, 6.45) is 5.34. The Hall–Kier alpha value is -2.95. The highest BCUT2D eigenvalue weighted by molar-refractivity contribution is 5.56. The molecule has 0 aliphatic rings. The zero-order valence-corrected chi connectivity index (χ0v) is 13.2. The summed E-state index contributed by atoms with van der Waals surface area (Å²) < 4.78 is 0. The van der Waals surface area contributed by atoms with Crippen molar-refractivity contribution in [3.05, 3.63) is 71.7 Å². The maximum Gasteiger partial charge on any atom is 0.229 e. The summed E-state index contributed by atoms with van der Waals surface area (Å²) in [5, 5.41) is 6.51. The van der Waals surface area contributed by atoms with E-state index in [1.807, 2.05) is 30.5 Å². The average Bonchev–Trinajstić information content (AvgIpc) is 2.58. The van der Waals surface area contributed by atoms with Crippen molar-refractivity contribution in [2.24, 2.45) is 0 Å². The molecule has 1 aromatic carbocycles. The first-order valence-electron chi connectivity index (χ1n) is 7.51. The van der Waals surface area contributed by atoms with Crippen LogP contribution in [0.2, 0.25) is 0 Å². The molecule has 0 fully saturated rings. The molecule has 3 aromatic rings. The highest BCUT2D eigenvalue weighted by Gasteiger charge is 2.02. The van der Waals surface area contributed by atoms with E-state index in [1.165, 1.54) is 11.1 Å². The van der Waals surface area contributed by atoms with Gasteiger partial charge in [-0.05, 0) is 54.8 Å². The molecule has 0 amide bonds. The molecular formula is C18H19N5. The van der Waals surface area contributed by atoms with Crippen LogP contribution >= 0.6 is 0 Å². The number of aryl methyl sites for hydroxylation is 2. The van der Waals surface area contributed by atoms with Crippen LogP contribution in [0.15, 0.2) is 55.0 Å². The Morgan fingerprint density at radius 3 is 2.70 bits per heavy atom. The van der Waals surface area contributed by atoms with Crippen LogP contribution in [0, 0.1) is 13.8 Å². The lowest BCUT2D eigenvalue weighted by molar-refractivity contribution is 1.07. The van der Waals surface area contributed by atoms with Crippen molar-refractivity contribution >= 4 is 17.5 Å². The minimum absolute atomic E-state index is 0.574. The lowest BCUT2D eigenvalue weighted by Gasteiger charge is -2.09. The monoisotopic (exact) mass is 305 g/mol. The number of rotatable bonds is 5. The van der Waals surface area contributed by atoms with Crippen molar-refractivity contribution in [3.8, 4) is 0 Å². The molecule has 0 saturated heterocycles. The topological polar surface area (TPSA) is 62.7 Å². The quantitative estimate of drug-likeness (QED) is 0.750. The first-order valence-corrected chi connectivity index (χ1v) is 7.51. The van der Waals surface area contributed by atoms with Gasteiger partial charge in [0.05, 0.1) is 0 Å². The van der Waals surface area contributed by atoms with Crippen LogP contribution in [0.4, 0.5) is 17.5 Å². The van der Waals surface area contributed by atoms with E-state index in [0.717, 1.165) is 17.1 Å². The summed E-state index contributed by atoms with van der Waals surface area (Å²) >= 11 is 0. The normalized spacial score (nSPS) is 10.3. The number of benzene rings is 1. The van der Waals surface area contributed by atoms with Gasteiger partial charge in [-0.15, -0.1) is 0 Å². The van der Waals surface area contributed by atoms with E-state index in [9.17, 15) is 0 Å². The maximum absolute atomic E-state index is 4.48. The lowest BCUT2D eigenvalue weighted by Crippen LogP contribution is -2.04. The highest BCUT2D eigenvalue weighted by atomic mass is 15.1. The molecule has 116 valence electrons. The molecule has 0 unspecified atom stereocenters. The molecule has 5 nitrogen and oxygen atoms in total. The van der Waals surface area contributed by atoms with Crippen LogP contribution < -0.4 is 10.6 Å². The van der Waals surface area contributed by atoms with Gasteiger partial charge in [-0.3, -0.25) is 4.98 Å². The Kier molecular flexibility index (Phi) is 4.47. The molecule has 0 spiro atoms. The molecule has 23 heavy (non-hydrogen) atoms. The summed E-state index contributed by atoms with van der Waals surface area (Å²) in [6.45, 7) is 4.86. The van der Waals surface area contributed by atoms with Crippen molar-refractivity contribution in [2.45, 2.75) is 20.4 Å². The van der Waals surface area contributed by atoms with Gasteiger partial charge in [-0.2, -0.15) is 4.98 Å². The maximum atomic E-state index is 4.48. The van der Waals surface area contributed by atoms with E-state index >= 15 is 0 Å². The molecule has 3 rings (SSSR count). The van der Waals surface area contributed by atoms with Gasteiger partial charge < -0.3 is 10.6 Å². The van der Waals surface area contributed by atoms with Gasteiger partial charge in [-0.25, -0.2) is 4.98 Å². The molecule has 2 aromatic heterocycles. The Morgan fingerprint density at radius 2 is 1.91 bits per heavy atom. The third-order valence-corrected chi connectivity index (χ3v) is 3.62. The van der Waals surface area contributed by atoms with Crippen LogP contribution in [0.5, 0.6) is 0 Å². The van der Waals surface area contributed by atoms with Gasteiger partial charge in [0.1, 0.15) is 5.82 Å². The van der Waals surface area contributed by atoms with E-state index in [0.29, 0.717) is 12.5 Å². The number of anilines is 3. The molecule has 0 saturated carbocycles. The summed E-state index contributed by atoms with van der Waals surface area (Å²) in [4.78, 5) is 12.8. The Morgan fingerprint density at radius 1 is 1.00 bits per heavy atom. The lowest BCUT2D eigenvalue weighted by atomic mass is 10.1. The fraction of sp³-hybridized carbons (Fsp3) is 0.167. The fourth-order valence-electron chi connectivity index (χ4n) is 2.16. The molecule has 0 aliphatic carbocycles. The number of nitrogens with zero attached hydrogens (tertiary/aromatic N) is 3. The van der Waals surface area contributed by atoms with Crippen LogP contribution in [-0.2, 0) is 6.54 Å². The van der Waals surface area contributed by atoms with E-state index in [-0.39, 0.29) is 0 Å². The predicted octanol–water partition coefficient (Wildman–Crippen LogP) is 3.84. The SMILES string of the molecule is Cc1ccc(Nc2nccc(NCc3cccnc3)n2)cc1C. The van der Waals surface area contributed by atoms with Crippen LogP contribution in [0.3, 0.4) is 0 Å². The van der Waals surface area contributed by atoms with Crippen molar-refractivity contribution in [2.75, 3.05) is 10.6 Å². The summed E-state index contributed by atoms with van der Waals surface area (Å²) in [6, 6.07) is 12.0. The van der Waals surface area contributed by atoms with Gasteiger partial charge in [0.15, 0.2) is 0 Å². The predicted molar refractivity (Wildman–Crippen MR) is 92.8 cm³/mol. The first kappa shape index (κ1) is 15.0. The average molecular weight is 305 g/mol. The summed E-state index contributed by atoms with van der Waals surface area (Å²) in [5.74, 6) is 1.35. The Labute approximate surface area is 135 Å².